The Balaban J connectivity index is 2.32. The van der Waals surface area contributed by atoms with Gasteiger partial charge in [0.05, 0.1) is 10.7 Å². The van der Waals surface area contributed by atoms with Gasteiger partial charge in [-0.3, -0.25) is 0 Å². The summed E-state index contributed by atoms with van der Waals surface area (Å²) < 4.78 is 6.58. The van der Waals surface area contributed by atoms with Crippen molar-refractivity contribution in [2.45, 2.75) is 26.8 Å². The van der Waals surface area contributed by atoms with Gasteiger partial charge >= 0.3 is 0 Å². The number of rotatable bonds is 5. The van der Waals surface area contributed by atoms with E-state index in [0.717, 1.165) is 35.3 Å². The van der Waals surface area contributed by atoms with Crippen molar-refractivity contribution in [3.63, 3.8) is 0 Å². The summed E-state index contributed by atoms with van der Waals surface area (Å²) in [5.74, 6) is 0.909. The van der Waals surface area contributed by atoms with Crippen LogP contribution in [0.3, 0.4) is 0 Å². The topological polar surface area (TPSA) is 25.2 Å². The molecule has 0 aliphatic heterocycles. The lowest BCUT2D eigenvalue weighted by atomic mass is 10.0. The molecule has 0 aliphatic carbocycles. The molecule has 0 fully saturated rings. The molecule has 2 nitrogen and oxygen atoms in total. The Kier molecular flexibility index (Phi) is 4.61. The molecule has 0 amide bonds. The van der Waals surface area contributed by atoms with Crippen LogP contribution in [0.25, 0.3) is 11.3 Å². The second-order valence-electron chi connectivity index (χ2n) is 4.44. The van der Waals surface area contributed by atoms with Crippen molar-refractivity contribution in [1.82, 2.24) is 5.32 Å². The summed E-state index contributed by atoms with van der Waals surface area (Å²) in [5.41, 5.74) is 3.67. The van der Waals surface area contributed by atoms with Crippen molar-refractivity contribution in [3.05, 3.63) is 46.1 Å². The number of hydrogen-bond acceptors (Lipinski definition) is 2. The molecule has 1 aromatic heterocycles. The molecule has 2 rings (SSSR count). The minimum Gasteiger partial charge on any atom is -0.463 e. The van der Waals surface area contributed by atoms with E-state index in [1.165, 1.54) is 11.1 Å². The van der Waals surface area contributed by atoms with Crippen LogP contribution in [-0.2, 0) is 6.54 Å². The van der Waals surface area contributed by atoms with E-state index in [0.29, 0.717) is 0 Å². The summed E-state index contributed by atoms with van der Waals surface area (Å²) >= 11 is 3.53. The number of aryl methyl sites for hydroxylation is 1. The third kappa shape index (κ3) is 3.03. The molecule has 18 heavy (non-hydrogen) atoms. The van der Waals surface area contributed by atoms with Crippen LogP contribution in [-0.4, -0.2) is 6.54 Å². The first-order valence-electron chi connectivity index (χ1n) is 6.26. The maximum atomic E-state index is 5.58. The summed E-state index contributed by atoms with van der Waals surface area (Å²) in [7, 11) is 0. The molecule has 1 N–H and O–H groups in total. The quantitative estimate of drug-likeness (QED) is 0.822. The zero-order chi connectivity index (χ0) is 13.0. The number of nitrogens with one attached hydrogen (secondary N) is 1. The van der Waals surface area contributed by atoms with Crippen LogP contribution >= 0.6 is 15.9 Å². The normalized spacial score (nSPS) is 10.8. The van der Waals surface area contributed by atoms with Crippen molar-refractivity contribution >= 4 is 15.9 Å². The Morgan fingerprint density at radius 1 is 1.28 bits per heavy atom. The Bertz CT molecular complexity index is 519. The van der Waals surface area contributed by atoms with E-state index in [1.54, 1.807) is 6.26 Å². The van der Waals surface area contributed by atoms with Crippen molar-refractivity contribution in [3.8, 4) is 11.3 Å². The first kappa shape index (κ1) is 13.4. The number of benzene rings is 1. The van der Waals surface area contributed by atoms with E-state index in [9.17, 15) is 0 Å². The lowest BCUT2D eigenvalue weighted by Gasteiger charge is -2.10. The number of furan rings is 1. The summed E-state index contributed by atoms with van der Waals surface area (Å²) in [6.07, 6.45) is 2.86. The van der Waals surface area contributed by atoms with Crippen molar-refractivity contribution in [1.29, 1.82) is 0 Å². The molecule has 1 heterocycles. The van der Waals surface area contributed by atoms with E-state index in [2.05, 4.69) is 53.3 Å². The summed E-state index contributed by atoms with van der Waals surface area (Å²) in [4.78, 5) is 0. The summed E-state index contributed by atoms with van der Waals surface area (Å²) in [6.45, 7) is 6.18. The van der Waals surface area contributed by atoms with Crippen LogP contribution in [0.15, 0.2) is 39.4 Å². The molecule has 0 aliphatic rings. The van der Waals surface area contributed by atoms with Gasteiger partial charge in [-0.2, -0.15) is 0 Å². The molecule has 0 atom stereocenters. The SMILES string of the molecule is CCCNCc1ccc(C)cc1-c1occc1Br. The zero-order valence-electron chi connectivity index (χ0n) is 10.8. The van der Waals surface area contributed by atoms with E-state index in [4.69, 9.17) is 4.42 Å². The first-order chi connectivity index (χ1) is 8.72. The van der Waals surface area contributed by atoms with Crippen molar-refractivity contribution < 1.29 is 4.42 Å². The smallest absolute Gasteiger partial charge is 0.148 e. The minimum atomic E-state index is 0.872. The highest BCUT2D eigenvalue weighted by Crippen LogP contribution is 2.32. The number of halogens is 1. The molecule has 1 aromatic carbocycles. The first-order valence-corrected chi connectivity index (χ1v) is 7.05. The van der Waals surface area contributed by atoms with Gasteiger partial charge in [0, 0.05) is 12.1 Å². The van der Waals surface area contributed by atoms with Crippen molar-refractivity contribution in [2.24, 2.45) is 0 Å². The van der Waals surface area contributed by atoms with Gasteiger partial charge in [-0.15, -0.1) is 0 Å². The van der Waals surface area contributed by atoms with Crippen LogP contribution in [0, 0.1) is 6.92 Å². The highest BCUT2D eigenvalue weighted by atomic mass is 79.9. The second-order valence-corrected chi connectivity index (χ2v) is 5.29. The standard InChI is InChI=1S/C15H18BrNO/c1-3-7-17-10-12-5-4-11(2)9-13(12)15-14(16)6-8-18-15/h4-6,8-9,17H,3,7,10H2,1-2H3. The molecule has 3 heteroatoms. The average molecular weight is 308 g/mol. The van der Waals surface area contributed by atoms with Gasteiger partial charge < -0.3 is 9.73 Å². The van der Waals surface area contributed by atoms with Gasteiger partial charge in [0.2, 0.25) is 0 Å². The van der Waals surface area contributed by atoms with Crippen LogP contribution < -0.4 is 5.32 Å². The highest BCUT2D eigenvalue weighted by molar-refractivity contribution is 9.10. The lowest BCUT2D eigenvalue weighted by Crippen LogP contribution is -2.14. The fourth-order valence-electron chi connectivity index (χ4n) is 1.94. The predicted octanol–water partition coefficient (Wildman–Crippen LogP) is 4.52. The van der Waals surface area contributed by atoms with Crippen LogP contribution in [0.4, 0.5) is 0 Å². The van der Waals surface area contributed by atoms with Gasteiger partial charge in [0.15, 0.2) is 0 Å². The van der Waals surface area contributed by atoms with Gasteiger partial charge in [-0.05, 0) is 53.5 Å². The van der Waals surface area contributed by atoms with Gasteiger partial charge in [-0.25, -0.2) is 0 Å². The van der Waals surface area contributed by atoms with E-state index >= 15 is 0 Å². The Labute approximate surface area is 117 Å². The van der Waals surface area contributed by atoms with Gasteiger partial charge in [0.25, 0.3) is 0 Å². The fourth-order valence-corrected chi connectivity index (χ4v) is 2.36. The monoisotopic (exact) mass is 307 g/mol. The molecule has 0 radical (unpaired) electrons. The molecule has 0 saturated carbocycles. The zero-order valence-corrected chi connectivity index (χ0v) is 12.4. The van der Waals surface area contributed by atoms with Crippen LogP contribution in [0.2, 0.25) is 0 Å². The largest absolute Gasteiger partial charge is 0.463 e. The highest BCUT2D eigenvalue weighted by Gasteiger charge is 2.11. The number of hydrogen-bond donors (Lipinski definition) is 1. The molecule has 0 saturated heterocycles. The maximum absolute atomic E-state index is 5.58. The second kappa shape index (κ2) is 6.21. The minimum absolute atomic E-state index is 0.872. The Morgan fingerprint density at radius 3 is 2.78 bits per heavy atom. The van der Waals surface area contributed by atoms with E-state index in [1.807, 2.05) is 6.07 Å². The van der Waals surface area contributed by atoms with Crippen LogP contribution in [0.1, 0.15) is 24.5 Å². The molecular formula is C15H18BrNO. The third-order valence-electron chi connectivity index (χ3n) is 2.87. The van der Waals surface area contributed by atoms with Crippen LogP contribution in [0.5, 0.6) is 0 Å². The van der Waals surface area contributed by atoms with E-state index in [-0.39, 0.29) is 0 Å². The van der Waals surface area contributed by atoms with Crippen molar-refractivity contribution in [2.75, 3.05) is 6.54 Å². The lowest BCUT2D eigenvalue weighted by molar-refractivity contribution is 0.579. The average Bonchev–Trinajstić information content (AvgIpc) is 2.77. The third-order valence-corrected chi connectivity index (χ3v) is 3.49. The molecular weight excluding hydrogens is 290 g/mol. The van der Waals surface area contributed by atoms with E-state index < -0.39 is 0 Å². The summed E-state index contributed by atoms with van der Waals surface area (Å²) in [6, 6.07) is 8.42. The van der Waals surface area contributed by atoms with Gasteiger partial charge in [-0.1, -0.05) is 24.6 Å². The molecule has 2 aromatic rings. The predicted molar refractivity (Wildman–Crippen MR) is 78.6 cm³/mol. The molecule has 0 spiro atoms. The summed E-state index contributed by atoms with van der Waals surface area (Å²) in [5, 5.41) is 3.44. The Hall–Kier alpha value is -1.06. The Morgan fingerprint density at radius 2 is 2.11 bits per heavy atom. The van der Waals surface area contributed by atoms with Gasteiger partial charge in [0.1, 0.15) is 5.76 Å². The fraction of sp³-hybridized carbons (Fsp3) is 0.333. The molecule has 0 bridgehead atoms. The molecule has 96 valence electrons. The maximum Gasteiger partial charge on any atom is 0.148 e. The molecule has 0 unspecified atom stereocenters.